The molecule has 0 radical (unpaired) electrons. The summed E-state index contributed by atoms with van der Waals surface area (Å²) in [5.41, 5.74) is 0.0406. The predicted octanol–water partition coefficient (Wildman–Crippen LogP) is -0.626. The number of ether oxygens (including phenoxy) is 1. The van der Waals surface area contributed by atoms with Gasteiger partial charge in [-0.15, -0.1) is 0 Å². The van der Waals surface area contributed by atoms with Gasteiger partial charge in [0.15, 0.2) is 0 Å². The molecule has 1 aliphatic heterocycles. The van der Waals surface area contributed by atoms with Gasteiger partial charge in [-0.1, -0.05) is 12.2 Å². The maximum absolute atomic E-state index is 12.0. The highest BCUT2D eigenvalue weighted by Crippen LogP contribution is 1.98. The third kappa shape index (κ3) is 1.61. The van der Waals surface area contributed by atoms with Crippen LogP contribution in [0.15, 0.2) is 4.79 Å². The Morgan fingerprint density at radius 3 is 2.87 bits per heavy atom. The highest BCUT2D eigenvalue weighted by Gasteiger charge is 2.12. The first-order valence-corrected chi connectivity index (χ1v) is 5.08. The van der Waals surface area contributed by atoms with Crippen LogP contribution in [0.25, 0.3) is 12.2 Å². The molecule has 15 heavy (non-hydrogen) atoms. The fraction of sp³-hybridized carbons (Fsp3) is 0.455. The van der Waals surface area contributed by atoms with E-state index in [-0.39, 0.29) is 5.56 Å². The first kappa shape index (κ1) is 10.1. The molecule has 80 valence electrons. The first-order valence-electron chi connectivity index (χ1n) is 5.08. The van der Waals surface area contributed by atoms with Crippen LogP contribution in [0.3, 0.4) is 0 Å². The lowest BCUT2D eigenvalue weighted by Crippen LogP contribution is -2.49. The Morgan fingerprint density at radius 1 is 1.40 bits per heavy atom. The third-order valence-corrected chi connectivity index (χ3v) is 2.57. The summed E-state index contributed by atoms with van der Waals surface area (Å²) in [5, 5.41) is 1.43. The molecule has 0 N–H and O–H groups in total. The van der Waals surface area contributed by atoms with Crippen molar-refractivity contribution in [2.45, 2.75) is 27.0 Å². The van der Waals surface area contributed by atoms with Gasteiger partial charge in [0.05, 0.1) is 23.7 Å². The fourth-order valence-electron chi connectivity index (χ4n) is 1.78. The molecule has 0 bridgehead atoms. The van der Waals surface area contributed by atoms with Gasteiger partial charge in [0, 0.05) is 0 Å². The van der Waals surface area contributed by atoms with E-state index in [4.69, 9.17) is 4.74 Å². The predicted molar refractivity (Wildman–Crippen MR) is 57.7 cm³/mol. The number of nitrogens with zero attached hydrogens (tertiary/aromatic N) is 2. The molecule has 0 atom stereocenters. The molecule has 0 aromatic carbocycles. The van der Waals surface area contributed by atoms with Gasteiger partial charge in [-0.2, -0.15) is 0 Å². The molecule has 0 unspecified atom stereocenters. The topological polar surface area (TPSA) is 44.1 Å². The average Bonchev–Trinajstić information content (AvgIpc) is 2.29. The molecule has 0 aliphatic carbocycles. The standard InChI is InChI=1S/C11H14N2O2/c1-3-8-9(4-2)12-10-7-15-6-5-13(10)11(8)14/h3-4H,5-7H2,1-2H3. The zero-order chi connectivity index (χ0) is 10.8. The van der Waals surface area contributed by atoms with Crippen molar-refractivity contribution in [1.82, 2.24) is 9.55 Å². The van der Waals surface area contributed by atoms with Crippen molar-refractivity contribution in [2.24, 2.45) is 0 Å². The molecule has 1 aromatic rings. The highest BCUT2D eigenvalue weighted by molar-refractivity contribution is 5.24. The van der Waals surface area contributed by atoms with Crippen LogP contribution in [0.5, 0.6) is 0 Å². The van der Waals surface area contributed by atoms with Gasteiger partial charge in [-0.05, 0) is 13.8 Å². The summed E-state index contributed by atoms with van der Waals surface area (Å²) in [5.74, 6) is 0.727. The van der Waals surface area contributed by atoms with Gasteiger partial charge in [-0.3, -0.25) is 9.36 Å². The summed E-state index contributed by atoms with van der Waals surface area (Å²) in [7, 11) is 0. The van der Waals surface area contributed by atoms with Gasteiger partial charge >= 0.3 is 0 Å². The minimum Gasteiger partial charge on any atom is -0.372 e. The molecule has 4 heteroatoms. The summed E-state index contributed by atoms with van der Waals surface area (Å²) in [6.45, 7) is 5.37. The van der Waals surface area contributed by atoms with E-state index in [9.17, 15) is 4.79 Å². The van der Waals surface area contributed by atoms with Gasteiger partial charge in [0.2, 0.25) is 0 Å². The largest absolute Gasteiger partial charge is 0.372 e. The lowest BCUT2D eigenvalue weighted by Gasteiger charge is -2.17. The molecule has 2 heterocycles. The fourth-order valence-corrected chi connectivity index (χ4v) is 1.78. The minimum atomic E-state index is 0.0406. The van der Waals surface area contributed by atoms with Crippen LogP contribution in [-0.4, -0.2) is 16.2 Å². The maximum atomic E-state index is 12.0. The van der Waals surface area contributed by atoms with Crippen molar-refractivity contribution < 1.29 is 4.74 Å². The Bertz CT molecular complexity index is 543. The Kier molecular flexibility index (Phi) is 2.68. The summed E-state index contributed by atoms with van der Waals surface area (Å²) >= 11 is 0. The van der Waals surface area contributed by atoms with Crippen molar-refractivity contribution in [2.75, 3.05) is 6.61 Å². The van der Waals surface area contributed by atoms with E-state index >= 15 is 0 Å². The summed E-state index contributed by atoms with van der Waals surface area (Å²) < 4.78 is 6.98. The van der Waals surface area contributed by atoms with Crippen LogP contribution < -0.4 is 16.1 Å². The Morgan fingerprint density at radius 2 is 2.20 bits per heavy atom. The molecule has 0 amide bonds. The number of hydrogen-bond donors (Lipinski definition) is 0. The van der Waals surface area contributed by atoms with Crippen molar-refractivity contribution in [3.05, 3.63) is 26.7 Å². The molecule has 1 aromatic heterocycles. The second-order valence-electron chi connectivity index (χ2n) is 3.41. The lowest BCUT2D eigenvalue weighted by atomic mass is 10.3. The van der Waals surface area contributed by atoms with Crippen LogP contribution in [0.1, 0.15) is 19.7 Å². The van der Waals surface area contributed by atoms with Crippen LogP contribution in [0.4, 0.5) is 0 Å². The maximum Gasteiger partial charge on any atom is 0.261 e. The highest BCUT2D eigenvalue weighted by atomic mass is 16.5. The van der Waals surface area contributed by atoms with Crippen molar-refractivity contribution in [3.63, 3.8) is 0 Å². The first-order chi connectivity index (χ1) is 7.27. The van der Waals surface area contributed by atoms with Gasteiger partial charge in [0.25, 0.3) is 5.56 Å². The van der Waals surface area contributed by atoms with E-state index in [1.165, 1.54) is 0 Å². The monoisotopic (exact) mass is 206 g/mol. The zero-order valence-electron chi connectivity index (χ0n) is 8.99. The molecular weight excluding hydrogens is 192 g/mol. The quantitative estimate of drug-likeness (QED) is 0.568. The van der Waals surface area contributed by atoms with Gasteiger partial charge in [0.1, 0.15) is 12.4 Å². The number of hydrogen-bond acceptors (Lipinski definition) is 3. The molecule has 4 nitrogen and oxygen atoms in total. The van der Waals surface area contributed by atoms with E-state index in [2.05, 4.69) is 4.98 Å². The SMILES string of the molecule is CC=c1nc2n(c(=O)c1=CC)CCOC2. The molecule has 0 saturated heterocycles. The summed E-state index contributed by atoms with van der Waals surface area (Å²) in [6, 6.07) is 0. The zero-order valence-corrected chi connectivity index (χ0v) is 8.99. The summed E-state index contributed by atoms with van der Waals surface area (Å²) in [6.07, 6.45) is 3.67. The van der Waals surface area contributed by atoms with Gasteiger partial charge < -0.3 is 4.74 Å². The number of aromatic nitrogens is 2. The van der Waals surface area contributed by atoms with E-state index in [1.54, 1.807) is 4.57 Å². The van der Waals surface area contributed by atoms with Crippen molar-refractivity contribution in [1.29, 1.82) is 0 Å². The second kappa shape index (κ2) is 3.98. The van der Waals surface area contributed by atoms with E-state index in [0.29, 0.717) is 25.0 Å². The van der Waals surface area contributed by atoms with E-state index < -0.39 is 0 Å². The Balaban J connectivity index is 2.87. The van der Waals surface area contributed by atoms with E-state index in [0.717, 1.165) is 11.2 Å². The summed E-state index contributed by atoms with van der Waals surface area (Å²) in [4.78, 5) is 16.5. The van der Waals surface area contributed by atoms with Gasteiger partial charge in [-0.25, -0.2) is 4.98 Å². The molecule has 1 aliphatic rings. The van der Waals surface area contributed by atoms with Crippen LogP contribution in [0, 0.1) is 0 Å². The van der Waals surface area contributed by atoms with Crippen LogP contribution in [-0.2, 0) is 17.9 Å². The lowest BCUT2D eigenvalue weighted by molar-refractivity contribution is 0.0777. The second-order valence-corrected chi connectivity index (χ2v) is 3.41. The van der Waals surface area contributed by atoms with Crippen molar-refractivity contribution in [3.8, 4) is 0 Å². The number of fused-ring (bicyclic) bond motifs is 1. The smallest absolute Gasteiger partial charge is 0.261 e. The Labute approximate surface area is 87.5 Å². The third-order valence-electron chi connectivity index (χ3n) is 2.57. The normalized spacial score (nSPS) is 18.0. The molecule has 0 saturated carbocycles. The minimum absolute atomic E-state index is 0.0406. The van der Waals surface area contributed by atoms with E-state index in [1.807, 2.05) is 26.0 Å². The van der Waals surface area contributed by atoms with Crippen LogP contribution in [0.2, 0.25) is 0 Å². The number of rotatable bonds is 0. The molecule has 2 rings (SSSR count). The van der Waals surface area contributed by atoms with Crippen LogP contribution >= 0.6 is 0 Å². The Hall–Kier alpha value is -1.42. The average molecular weight is 206 g/mol. The molecular formula is C11H14N2O2. The molecule has 0 fully saturated rings. The van der Waals surface area contributed by atoms with Crippen molar-refractivity contribution >= 4 is 12.2 Å². The molecule has 0 spiro atoms.